The fourth-order valence-corrected chi connectivity index (χ4v) is 4.92. The van der Waals surface area contributed by atoms with Crippen molar-refractivity contribution >= 4 is 34.1 Å². The van der Waals surface area contributed by atoms with Gasteiger partial charge in [-0.3, -0.25) is 9.59 Å². The Kier molecular flexibility index (Phi) is 4.59. The number of nitrogens with two attached hydrogens (primary N) is 1. The Hall–Kier alpha value is -3.92. The first-order chi connectivity index (χ1) is 15.4. The maximum absolute atomic E-state index is 14.9. The van der Waals surface area contributed by atoms with Crippen molar-refractivity contribution in [1.29, 1.82) is 0 Å². The van der Waals surface area contributed by atoms with Gasteiger partial charge in [0.25, 0.3) is 11.5 Å². The number of hydrogen-bond donors (Lipinski definition) is 3. The van der Waals surface area contributed by atoms with Crippen LogP contribution in [0.3, 0.4) is 0 Å². The molecule has 1 aromatic carbocycles. The fourth-order valence-electron chi connectivity index (χ4n) is 4.17. The predicted octanol–water partition coefficient (Wildman–Crippen LogP) is 2.98. The number of rotatable bonds is 5. The van der Waals surface area contributed by atoms with E-state index in [0.717, 1.165) is 11.3 Å². The molecule has 0 atom stereocenters. The van der Waals surface area contributed by atoms with Gasteiger partial charge >= 0.3 is 5.97 Å². The van der Waals surface area contributed by atoms with E-state index < -0.39 is 23.3 Å². The third-order valence-corrected chi connectivity index (χ3v) is 6.48. The van der Waals surface area contributed by atoms with Gasteiger partial charge in [0.2, 0.25) is 0 Å². The second-order valence-electron chi connectivity index (χ2n) is 7.37. The molecule has 5 rings (SSSR count). The number of ether oxygens (including phenoxy) is 1. The molecule has 0 unspecified atom stereocenters. The molecule has 32 heavy (non-hydrogen) atoms. The summed E-state index contributed by atoms with van der Waals surface area (Å²) in [6.45, 7) is 0.293. The molecule has 0 saturated heterocycles. The number of carbonyl (C=O) groups is 2. The standard InChI is InChI=1S/C22H16FN3O5S/c23-13-7-14-17(19-11(13)3-5-31-19)16(12-2-1-4-25-21(12)28)18(22(29)30)26(14)8-10-6-15(20(24)27)32-9-10/h1-2,4,6-7,9H,3,5,8H2,(H2,24,27)(H,25,28)(H,29,30). The van der Waals surface area contributed by atoms with Crippen LogP contribution in [0.4, 0.5) is 4.39 Å². The average molecular weight is 453 g/mol. The van der Waals surface area contributed by atoms with E-state index in [0.29, 0.717) is 27.8 Å². The number of fused-ring (bicyclic) bond motifs is 3. The molecule has 4 aromatic rings. The second-order valence-corrected chi connectivity index (χ2v) is 8.28. The van der Waals surface area contributed by atoms with E-state index in [4.69, 9.17) is 10.5 Å². The van der Waals surface area contributed by atoms with Crippen LogP contribution in [-0.4, -0.2) is 33.1 Å². The number of carboxylic acid groups (broad SMARTS) is 1. The predicted molar refractivity (Wildman–Crippen MR) is 116 cm³/mol. The summed E-state index contributed by atoms with van der Waals surface area (Å²) in [5.41, 5.74) is 6.25. The molecule has 0 fully saturated rings. The van der Waals surface area contributed by atoms with E-state index in [9.17, 15) is 23.9 Å². The Balaban J connectivity index is 1.87. The normalized spacial score (nSPS) is 12.7. The van der Waals surface area contributed by atoms with Crippen molar-refractivity contribution in [1.82, 2.24) is 9.55 Å². The summed E-state index contributed by atoms with van der Waals surface area (Å²) in [5, 5.41) is 12.2. The highest BCUT2D eigenvalue weighted by molar-refractivity contribution is 7.12. The van der Waals surface area contributed by atoms with E-state index in [2.05, 4.69) is 4.98 Å². The number of pyridine rings is 1. The molecule has 4 N–H and O–H groups in total. The fraction of sp³-hybridized carbons (Fsp3) is 0.136. The van der Waals surface area contributed by atoms with Crippen molar-refractivity contribution in [3.63, 3.8) is 0 Å². The first-order valence-corrected chi connectivity index (χ1v) is 10.5. The number of aromatic carboxylic acids is 1. The number of carboxylic acids is 1. The minimum Gasteiger partial charge on any atom is -0.492 e. The number of hydrogen-bond acceptors (Lipinski definition) is 5. The lowest BCUT2D eigenvalue weighted by atomic mass is 10.00. The number of H-pyrrole nitrogens is 1. The van der Waals surface area contributed by atoms with Gasteiger partial charge in [0, 0.05) is 30.3 Å². The Morgan fingerprint density at radius 2 is 2.16 bits per heavy atom. The third-order valence-electron chi connectivity index (χ3n) is 5.48. The topological polar surface area (TPSA) is 127 Å². The molecule has 0 saturated carbocycles. The molecule has 0 spiro atoms. The highest BCUT2D eigenvalue weighted by atomic mass is 32.1. The summed E-state index contributed by atoms with van der Waals surface area (Å²) >= 11 is 1.14. The molecule has 1 amide bonds. The SMILES string of the molecule is NC(=O)c1cc(Cn2c(C(=O)O)c(-c3ccc[nH]c3=O)c3c4c(c(F)cc32)CCO4)cs1. The van der Waals surface area contributed by atoms with E-state index in [1.807, 2.05) is 0 Å². The molecule has 0 radical (unpaired) electrons. The van der Waals surface area contributed by atoms with Gasteiger partial charge < -0.3 is 25.1 Å². The molecule has 3 aromatic heterocycles. The van der Waals surface area contributed by atoms with Crippen LogP contribution in [0.25, 0.3) is 22.0 Å². The molecular weight excluding hydrogens is 437 g/mol. The molecule has 0 bridgehead atoms. The van der Waals surface area contributed by atoms with E-state index in [-0.39, 0.29) is 41.2 Å². The Labute approximate surface area is 183 Å². The zero-order valence-electron chi connectivity index (χ0n) is 16.5. The number of amides is 1. The van der Waals surface area contributed by atoms with Gasteiger partial charge in [-0.2, -0.15) is 0 Å². The Morgan fingerprint density at radius 1 is 1.34 bits per heavy atom. The monoisotopic (exact) mass is 453 g/mol. The van der Waals surface area contributed by atoms with Gasteiger partial charge in [-0.25, -0.2) is 9.18 Å². The number of benzene rings is 1. The molecule has 1 aliphatic rings. The van der Waals surface area contributed by atoms with Gasteiger partial charge in [0.1, 0.15) is 17.3 Å². The minimum absolute atomic E-state index is 0.0326. The maximum atomic E-state index is 14.9. The minimum atomic E-state index is -1.28. The molecule has 162 valence electrons. The maximum Gasteiger partial charge on any atom is 0.353 e. The lowest BCUT2D eigenvalue weighted by molar-refractivity contribution is 0.0687. The Bertz CT molecular complexity index is 1480. The lowest BCUT2D eigenvalue weighted by Gasteiger charge is -2.08. The largest absolute Gasteiger partial charge is 0.492 e. The quantitative estimate of drug-likeness (QED) is 0.428. The summed E-state index contributed by atoms with van der Waals surface area (Å²) < 4.78 is 22.0. The summed E-state index contributed by atoms with van der Waals surface area (Å²) in [7, 11) is 0. The molecule has 10 heteroatoms. The molecule has 0 aliphatic carbocycles. The van der Waals surface area contributed by atoms with Gasteiger partial charge in [-0.05, 0) is 35.2 Å². The van der Waals surface area contributed by atoms with Crippen molar-refractivity contribution in [2.75, 3.05) is 6.61 Å². The number of primary amides is 1. The smallest absolute Gasteiger partial charge is 0.353 e. The van der Waals surface area contributed by atoms with Gasteiger partial charge in [-0.15, -0.1) is 11.3 Å². The summed E-state index contributed by atoms with van der Waals surface area (Å²) in [4.78, 5) is 39.4. The number of aromatic nitrogens is 2. The Morgan fingerprint density at radius 3 is 2.84 bits per heavy atom. The summed E-state index contributed by atoms with van der Waals surface area (Å²) in [6, 6.07) is 5.95. The molecule has 8 nitrogen and oxygen atoms in total. The molecule has 4 heterocycles. The van der Waals surface area contributed by atoms with Crippen molar-refractivity contribution in [2.24, 2.45) is 5.73 Å². The molecular formula is C22H16FN3O5S. The van der Waals surface area contributed by atoms with Crippen LogP contribution in [-0.2, 0) is 13.0 Å². The van der Waals surface area contributed by atoms with Crippen molar-refractivity contribution < 1.29 is 23.8 Å². The summed E-state index contributed by atoms with van der Waals surface area (Å²) in [5.74, 6) is -2.12. The number of thiophene rings is 1. The second kappa shape index (κ2) is 7.34. The highest BCUT2D eigenvalue weighted by Gasteiger charge is 2.32. The van der Waals surface area contributed by atoms with Crippen LogP contribution in [0.2, 0.25) is 0 Å². The third kappa shape index (κ3) is 2.99. The first-order valence-electron chi connectivity index (χ1n) is 9.65. The van der Waals surface area contributed by atoms with Crippen molar-refractivity contribution in [3.05, 3.63) is 73.7 Å². The highest BCUT2D eigenvalue weighted by Crippen LogP contribution is 2.44. The van der Waals surface area contributed by atoms with Crippen molar-refractivity contribution in [2.45, 2.75) is 13.0 Å². The number of aromatic amines is 1. The van der Waals surface area contributed by atoms with E-state index in [1.165, 1.54) is 22.9 Å². The van der Waals surface area contributed by atoms with Crippen molar-refractivity contribution in [3.8, 4) is 16.9 Å². The van der Waals surface area contributed by atoms with Crippen LogP contribution in [0, 0.1) is 5.82 Å². The van der Waals surface area contributed by atoms with Gasteiger partial charge in [-0.1, -0.05) is 0 Å². The van der Waals surface area contributed by atoms with Crippen LogP contribution < -0.4 is 16.0 Å². The lowest BCUT2D eigenvalue weighted by Crippen LogP contribution is -2.13. The van der Waals surface area contributed by atoms with Crippen LogP contribution >= 0.6 is 11.3 Å². The van der Waals surface area contributed by atoms with Crippen LogP contribution in [0.5, 0.6) is 5.75 Å². The van der Waals surface area contributed by atoms with E-state index >= 15 is 0 Å². The van der Waals surface area contributed by atoms with Crippen LogP contribution in [0.15, 0.2) is 40.6 Å². The number of nitrogens with zero attached hydrogens (tertiary/aromatic N) is 1. The van der Waals surface area contributed by atoms with Crippen LogP contribution in [0.1, 0.15) is 31.3 Å². The van der Waals surface area contributed by atoms with Gasteiger partial charge in [0.15, 0.2) is 0 Å². The zero-order chi connectivity index (χ0) is 22.6. The zero-order valence-corrected chi connectivity index (χ0v) is 17.3. The number of halogens is 1. The molecule has 1 aliphatic heterocycles. The van der Waals surface area contributed by atoms with E-state index in [1.54, 1.807) is 17.5 Å². The van der Waals surface area contributed by atoms with Gasteiger partial charge in [0.05, 0.1) is 28.0 Å². The number of nitrogens with one attached hydrogen (secondary N) is 1. The number of carbonyl (C=O) groups excluding carboxylic acids is 1. The average Bonchev–Trinajstić information content (AvgIpc) is 3.47. The summed E-state index contributed by atoms with van der Waals surface area (Å²) in [6.07, 6.45) is 1.80. The first kappa shape index (κ1) is 20.0.